The summed E-state index contributed by atoms with van der Waals surface area (Å²) in [7, 11) is 0. The predicted molar refractivity (Wildman–Crippen MR) is 74.0 cm³/mol. The summed E-state index contributed by atoms with van der Waals surface area (Å²) < 4.78 is 0. The van der Waals surface area contributed by atoms with Gasteiger partial charge in [0, 0.05) is 12.0 Å². The number of para-hydroxylation sites is 2. The molecule has 0 radical (unpaired) electrons. The summed E-state index contributed by atoms with van der Waals surface area (Å²) >= 11 is 0. The SMILES string of the molecule is O=CC(=Cc1ccccc1O)Cc1ccccc1O. The molecule has 3 heteroatoms. The van der Waals surface area contributed by atoms with Crippen molar-refractivity contribution in [2.75, 3.05) is 0 Å². The molecule has 2 N–H and O–H groups in total. The molecule has 0 saturated carbocycles. The molecule has 2 rings (SSSR count). The number of hydrogen-bond donors (Lipinski definition) is 2. The van der Waals surface area contributed by atoms with Gasteiger partial charge in [-0.05, 0) is 29.3 Å². The molecule has 0 aliphatic carbocycles. The van der Waals surface area contributed by atoms with Gasteiger partial charge in [-0.1, -0.05) is 36.4 Å². The van der Waals surface area contributed by atoms with Crippen molar-refractivity contribution in [2.24, 2.45) is 0 Å². The van der Waals surface area contributed by atoms with Crippen LogP contribution >= 0.6 is 0 Å². The van der Waals surface area contributed by atoms with Gasteiger partial charge in [-0.15, -0.1) is 0 Å². The summed E-state index contributed by atoms with van der Waals surface area (Å²) in [6, 6.07) is 13.7. The third kappa shape index (κ3) is 3.22. The Labute approximate surface area is 111 Å². The van der Waals surface area contributed by atoms with Gasteiger partial charge in [-0.25, -0.2) is 0 Å². The van der Waals surface area contributed by atoms with Crippen LogP contribution in [-0.2, 0) is 11.2 Å². The Morgan fingerprint density at radius 3 is 2.21 bits per heavy atom. The van der Waals surface area contributed by atoms with Crippen molar-refractivity contribution < 1.29 is 15.0 Å². The van der Waals surface area contributed by atoms with Crippen molar-refractivity contribution in [2.45, 2.75) is 6.42 Å². The highest BCUT2D eigenvalue weighted by Crippen LogP contribution is 2.22. The van der Waals surface area contributed by atoms with Gasteiger partial charge >= 0.3 is 0 Å². The van der Waals surface area contributed by atoms with E-state index in [1.165, 1.54) is 0 Å². The van der Waals surface area contributed by atoms with Gasteiger partial charge in [0.05, 0.1) is 0 Å². The summed E-state index contributed by atoms with van der Waals surface area (Å²) in [4.78, 5) is 11.1. The van der Waals surface area contributed by atoms with Crippen molar-refractivity contribution in [3.05, 3.63) is 65.2 Å². The van der Waals surface area contributed by atoms with Crippen LogP contribution in [0.25, 0.3) is 6.08 Å². The first-order valence-corrected chi connectivity index (χ1v) is 5.91. The molecule has 0 bridgehead atoms. The molecule has 0 heterocycles. The fraction of sp³-hybridized carbons (Fsp3) is 0.0625. The van der Waals surface area contributed by atoms with Crippen molar-refractivity contribution >= 4 is 12.4 Å². The molecule has 2 aromatic rings. The lowest BCUT2D eigenvalue weighted by Gasteiger charge is -2.05. The Morgan fingerprint density at radius 2 is 1.58 bits per heavy atom. The normalized spacial score (nSPS) is 11.3. The Kier molecular flexibility index (Phi) is 3.98. The maximum absolute atomic E-state index is 11.1. The number of carbonyl (C=O) groups excluding carboxylic acids is 1. The predicted octanol–water partition coefficient (Wildman–Crippen LogP) is 2.92. The number of allylic oxidation sites excluding steroid dienone is 1. The second-order valence-electron chi connectivity index (χ2n) is 4.20. The molecule has 0 saturated heterocycles. The van der Waals surface area contributed by atoms with Crippen LogP contribution in [0, 0.1) is 0 Å². The van der Waals surface area contributed by atoms with Gasteiger partial charge in [-0.2, -0.15) is 0 Å². The van der Waals surface area contributed by atoms with Crippen LogP contribution in [0.15, 0.2) is 54.1 Å². The van der Waals surface area contributed by atoms with Gasteiger partial charge in [-0.3, -0.25) is 4.79 Å². The van der Waals surface area contributed by atoms with Crippen LogP contribution in [0.1, 0.15) is 11.1 Å². The lowest BCUT2D eigenvalue weighted by molar-refractivity contribution is -0.104. The van der Waals surface area contributed by atoms with Gasteiger partial charge in [0.2, 0.25) is 0 Å². The highest BCUT2D eigenvalue weighted by Gasteiger charge is 2.05. The number of phenols is 2. The summed E-state index contributed by atoms with van der Waals surface area (Å²) in [5.74, 6) is 0.284. The maximum atomic E-state index is 11.1. The Morgan fingerprint density at radius 1 is 0.947 bits per heavy atom. The van der Waals surface area contributed by atoms with Crippen LogP contribution in [-0.4, -0.2) is 16.5 Å². The third-order valence-electron chi connectivity index (χ3n) is 2.82. The number of hydrogen-bond acceptors (Lipinski definition) is 3. The van der Waals surface area contributed by atoms with Crippen LogP contribution in [0.2, 0.25) is 0 Å². The average molecular weight is 254 g/mol. The largest absolute Gasteiger partial charge is 0.508 e. The fourth-order valence-corrected chi connectivity index (χ4v) is 1.82. The van der Waals surface area contributed by atoms with Gasteiger partial charge in [0.1, 0.15) is 17.8 Å². The topological polar surface area (TPSA) is 57.5 Å². The van der Waals surface area contributed by atoms with Gasteiger partial charge < -0.3 is 10.2 Å². The summed E-state index contributed by atoms with van der Waals surface area (Å²) in [6.07, 6.45) is 2.68. The molecule has 0 aliphatic rings. The molecule has 3 nitrogen and oxygen atoms in total. The molecular formula is C16H14O3. The van der Waals surface area contributed by atoms with E-state index in [9.17, 15) is 15.0 Å². The highest BCUT2D eigenvalue weighted by atomic mass is 16.3. The first-order chi connectivity index (χ1) is 9.20. The Hall–Kier alpha value is -2.55. The van der Waals surface area contributed by atoms with Crippen LogP contribution < -0.4 is 0 Å². The van der Waals surface area contributed by atoms with Crippen LogP contribution in [0.3, 0.4) is 0 Å². The average Bonchev–Trinajstić information content (AvgIpc) is 2.42. The minimum absolute atomic E-state index is 0.124. The van der Waals surface area contributed by atoms with Gasteiger partial charge in [0.15, 0.2) is 0 Å². The molecule has 19 heavy (non-hydrogen) atoms. The van der Waals surface area contributed by atoms with E-state index in [1.807, 2.05) is 0 Å². The summed E-state index contributed by atoms with van der Waals surface area (Å²) in [6.45, 7) is 0. The standard InChI is InChI=1S/C16H14O3/c17-11-12(9-13-5-1-3-7-15(13)18)10-14-6-2-4-8-16(14)19/h1-9,11,18-19H,10H2. The van der Waals surface area contributed by atoms with E-state index in [4.69, 9.17) is 0 Å². The van der Waals surface area contributed by atoms with Crippen molar-refractivity contribution in [3.8, 4) is 11.5 Å². The van der Waals surface area contributed by atoms with Crippen LogP contribution in [0.4, 0.5) is 0 Å². The molecule has 0 atom stereocenters. The zero-order chi connectivity index (χ0) is 13.7. The van der Waals surface area contributed by atoms with Crippen molar-refractivity contribution in [1.82, 2.24) is 0 Å². The van der Waals surface area contributed by atoms with Crippen molar-refractivity contribution in [3.63, 3.8) is 0 Å². The summed E-state index contributed by atoms with van der Waals surface area (Å²) in [5.41, 5.74) is 1.75. The summed E-state index contributed by atoms with van der Waals surface area (Å²) in [5, 5.41) is 19.3. The van der Waals surface area contributed by atoms with E-state index in [-0.39, 0.29) is 11.5 Å². The smallest absolute Gasteiger partial charge is 0.146 e. The van der Waals surface area contributed by atoms with Crippen molar-refractivity contribution in [1.29, 1.82) is 0 Å². The molecule has 0 aliphatic heterocycles. The monoisotopic (exact) mass is 254 g/mol. The molecule has 0 amide bonds. The van der Waals surface area contributed by atoms with Crippen LogP contribution in [0.5, 0.6) is 11.5 Å². The second kappa shape index (κ2) is 5.87. The van der Waals surface area contributed by atoms with E-state index in [0.29, 0.717) is 23.1 Å². The van der Waals surface area contributed by atoms with E-state index >= 15 is 0 Å². The first-order valence-electron chi connectivity index (χ1n) is 5.91. The van der Waals surface area contributed by atoms with E-state index < -0.39 is 0 Å². The molecule has 0 fully saturated rings. The number of aldehydes is 1. The number of benzene rings is 2. The maximum Gasteiger partial charge on any atom is 0.146 e. The first kappa shape index (κ1) is 12.9. The molecule has 2 aromatic carbocycles. The molecule has 0 aromatic heterocycles. The number of rotatable bonds is 4. The number of phenolic OH excluding ortho intramolecular Hbond substituents is 2. The quantitative estimate of drug-likeness (QED) is 0.651. The fourth-order valence-electron chi connectivity index (χ4n) is 1.82. The van der Waals surface area contributed by atoms with E-state index in [2.05, 4.69) is 0 Å². The lowest BCUT2D eigenvalue weighted by atomic mass is 10.0. The molecule has 0 spiro atoms. The van der Waals surface area contributed by atoms with E-state index in [0.717, 1.165) is 6.29 Å². The zero-order valence-corrected chi connectivity index (χ0v) is 10.3. The van der Waals surface area contributed by atoms with Gasteiger partial charge in [0.25, 0.3) is 0 Å². The lowest BCUT2D eigenvalue weighted by Crippen LogP contribution is -1.93. The minimum atomic E-state index is 0.124. The van der Waals surface area contributed by atoms with E-state index in [1.54, 1.807) is 54.6 Å². The minimum Gasteiger partial charge on any atom is -0.508 e. The molecule has 96 valence electrons. The number of aromatic hydroxyl groups is 2. The number of carbonyl (C=O) groups is 1. The Bertz CT molecular complexity index is 615. The molecule has 0 unspecified atom stereocenters. The molecular weight excluding hydrogens is 240 g/mol. The Balaban J connectivity index is 2.29. The third-order valence-corrected chi connectivity index (χ3v) is 2.82. The highest BCUT2D eigenvalue weighted by molar-refractivity contribution is 5.83. The second-order valence-corrected chi connectivity index (χ2v) is 4.20. The zero-order valence-electron chi connectivity index (χ0n) is 10.3.